The molecule has 0 rings (SSSR count). The van der Waals surface area contributed by atoms with E-state index in [2.05, 4.69) is 19.2 Å². The highest BCUT2D eigenvalue weighted by molar-refractivity contribution is 4.54. The van der Waals surface area contributed by atoms with Gasteiger partial charge in [0.15, 0.2) is 0 Å². The molecule has 0 heterocycles. The molecule has 0 aliphatic heterocycles. The van der Waals surface area contributed by atoms with Gasteiger partial charge in [0.2, 0.25) is 0 Å². The zero-order valence-electron chi connectivity index (χ0n) is 8.32. The molecule has 0 aromatic heterocycles. The summed E-state index contributed by atoms with van der Waals surface area (Å²) in [6.45, 7) is 5.81. The molecule has 0 saturated carbocycles. The molecule has 0 aromatic rings. The maximum absolute atomic E-state index is 3.18. The molecule has 0 saturated heterocycles. The summed E-state index contributed by atoms with van der Waals surface area (Å²) in [7, 11) is 2.02. The Morgan fingerprint density at radius 2 is 1.82 bits per heavy atom. The summed E-state index contributed by atoms with van der Waals surface area (Å²) in [6, 6.07) is 0. The molecule has 0 fully saturated rings. The van der Waals surface area contributed by atoms with Crippen LogP contribution in [0.3, 0.4) is 0 Å². The Morgan fingerprint density at radius 3 is 2.36 bits per heavy atom. The van der Waals surface area contributed by atoms with Crippen molar-refractivity contribution in [2.24, 2.45) is 5.92 Å². The Bertz CT molecular complexity index is 71.3. The molecule has 11 heavy (non-hydrogen) atoms. The summed E-state index contributed by atoms with van der Waals surface area (Å²) in [6.07, 6.45) is 6.89. The molecule has 1 heteroatoms. The predicted octanol–water partition coefficient (Wildman–Crippen LogP) is 2.81. The lowest BCUT2D eigenvalue weighted by Gasteiger charge is -2.09. The Labute approximate surface area is 71.6 Å². The van der Waals surface area contributed by atoms with Gasteiger partial charge in [-0.25, -0.2) is 0 Å². The fraction of sp³-hybridized carbons (Fsp3) is 1.00. The van der Waals surface area contributed by atoms with Gasteiger partial charge >= 0.3 is 0 Å². The third-order valence-electron chi connectivity index (χ3n) is 2.17. The van der Waals surface area contributed by atoms with Crippen LogP contribution in [0, 0.1) is 5.92 Å². The van der Waals surface area contributed by atoms with E-state index >= 15 is 0 Å². The van der Waals surface area contributed by atoms with E-state index in [-0.39, 0.29) is 0 Å². The summed E-state index contributed by atoms with van der Waals surface area (Å²) < 4.78 is 0. The van der Waals surface area contributed by atoms with Crippen LogP contribution in [0.1, 0.15) is 46.0 Å². The maximum atomic E-state index is 3.18. The summed E-state index contributed by atoms with van der Waals surface area (Å²) in [4.78, 5) is 0. The zero-order chi connectivity index (χ0) is 8.53. The third-order valence-corrected chi connectivity index (χ3v) is 2.17. The topological polar surface area (TPSA) is 12.0 Å². The van der Waals surface area contributed by atoms with Crippen LogP contribution in [0.5, 0.6) is 0 Å². The highest BCUT2D eigenvalue weighted by atomic mass is 14.8. The van der Waals surface area contributed by atoms with E-state index in [9.17, 15) is 0 Å². The van der Waals surface area contributed by atoms with Crippen molar-refractivity contribution in [3.05, 3.63) is 0 Å². The average Bonchev–Trinajstić information content (AvgIpc) is 2.01. The molecule has 0 spiro atoms. The average molecular weight is 157 g/mol. The van der Waals surface area contributed by atoms with Crippen molar-refractivity contribution in [2.75, 3.05) is 13.6 Å². The van der Waals surface area contributed by atoms with Crippen molar-refractivity contribution in [1.82, 2.24) is 5.32 Å². The van der Waals surface area contributed by atoms with Crippen molar-refractivity contribution < 1.29 is 0 Å². The Balaban J connectivity index is 3.02. The number of hydrogen-bond donors (Lipinski definition) is 1. The van der Waals surface area contributed by atoms with Crippen molar-refractivity contribution in [3.8, 4) is 0 Å². The SMILES string of the molecule is CCCCC(C)CCCNC. The van der Waals surface area contributed by atoms with Crippen molar-refractivity contribution in [2.45, 2.75) is 46.0 Å². The Morgan fingerprint density at radius 1 is 1.18 bits per heavy atom. The van der Waals surface area contributed by atoms with Gasteiger partial charge in [0.25, 0.3) is 0 Å². The van der Waals surface area contributed by atoms with Crippen LogP contribution in [0.15, 0.2) is 0 Å². The lowest BCUT2D eigenvalue weighted by Crippen LogP contribution is -2.08. The number of hydrogen-bond acceptors (Lipinski definition) is 1. The first kappa shape index (κ1) is 11.0. The number of nitrogens with one attached hydrogen (secondary N) is 1. The molecule has 0 aromatic carbocycles. The standard InChI is InChI=1S/C10H23N/c1-4-5-7-10(2)8-6-9-11-3/h10-11H,4-9H2,1-3H3. The molecule has 0 amide bonds. The molecule has 0 radical (unpaired) electrons. The molecule has 1 atom stereocenters. The zero-order valence-corrected chi connectivity index (χ0v) is 8.32. The van der Waals surface area contributed by atoms with Crippen molar-refractivity contribution >= 4 is 0 Å². The quantitative estimate of drug-likeness (QED) is 0.560. The van der Waals surface area contributed by atoms with E-state index in [0.29, 0.717) is 0 Å². The molecule has 0 aliphatic rings. The second-order valence-corrected chi connectivity index (χ2v) is 3.49. The van der Waals surface area contributed by atoms with Gasteiger partial charge in [-0.3, -0.25) is 0 Å². The molecule has 1 unspecified atom stereocenters. The van der Waals surface area contributed by atoms with Crippen molar-refractivity contribution in [1.29, 1.82) is 0 Å². The lowest BCUT2D eigenvalue weighted by molar-refractivity contribution is 0.453. The monoisotopic (exact) mass is 157 g/mol. The largest absolute Gasteiger partial charge is 0.320 e. The fourth-order valence-electron chi connectivity index (χ4n) is 1.32. The minimum absolute atomic E-state index is 0.934. The molecular weight excluding hydrogens is 134 g/mol. The van der Waals surface area contributed by atoms with Gasteiger partial charge in [-0.2, -0.15) is 0 Å². The molecular formula is C10H23N. The number of unbranched alkanes of at least 4 members (excludes halogenated alkanes) is 1. The van der Waals surface area contributed by atoms with Crippen LogP contribution >= 0.6 is 0 Å². The van der Waals surface area contributed by atoms with E-state index in [4.69, 9.17) is 0 Å². The van der Waals surface area contributed by atoms with E-state index in [0.717, 1.165) is 5.92 Å². The summed E-state index contributed by atoms with van der Waals surface area (Å²) in [5.41, 5.74) is 0. The van der Waals surface area contributed by atoms with E-state index in [1.807, 2.05) is 7.05 Å². The molecule has 0 aliphatic carbocycles. The maximum Gasteiger partial charge on any atom is -0.00518 e. The van der Waals surface area contributed by atoms with E-state index < -0.39 is 0 Å². The van der Waals surface area contributed by atoms with Crippen LogP contribution in [0.4, 0.5) is 0 Å². The summed E-state index contributed by atoms with van der Waals surface area (Å²) in [5, 5.41) is 3.18. The first-order valence-corrected chi connectivity index (χ1v) is 4.95. The predicted molar refractivity (Wildman–Crippen MR) is 51.8 cm³/mol. The minimum atomic E-state index is 0.934. The van der Waals surface area contributed by atoms with Crippen molar-refractivity contribution in [3.63, 3.8) is 0 Å². The Kier molecular flexibility index (Phi) is 8.03. The van der Waals surface area contributed by atoms with Gasteiger partial charge < -0.3 is 5.32 Å². The van der Waals surface area contributed by atoms with Crippen LogP contribution in [0.2, 0.25) is 0 Å². The normalized spacial score (nSPS) is 13.4. The van der Waals surface area contributed by atoms with Gasteiger partial charge in [0, 0.05) is 0 Å². The van der Waals surface area contributed by atoms with Crippen LogP contribution in [-0.2, 0) is 0 Å². The molecule has 1 N–H and O–H groups in total. The summed E-state index contributed by atoms with van der Waals surface area (Å²) >= 11 is 0. The highest BCUT2D eigenvalue weighted by Gasteiger charge is 1.99. The third kappa shape index (κ3) is 7.86. The molecule has 1 nitrogen and oxygen atoms in total. The van der Waals surface area contributed by atoms with E-state index in [1.54, 1.807) is 0 Å². The van der Waals surface area contributed by atoms with Crippen LogP contribution in [0.25, 0.3) is 0 Å². The van der Waals surface area contributed by atoms with Crippen LogP contribution < -0.4 is 5.32 Å². The number of rotatable bonds is 7. The molecule has 68 valence electrons. The van der Waals surface area contributed by atoms with Gasteiger partial charge in [-0.1, -0.05) is 33.1 Å². The van der Waals surface area contributed by atoms with Gasteiger partial charge in [-0.15, -0.1) is 0 Å². The van der Waals surface area contributed by atoms with E-state index in [1.165, 1.54) is 38.6 Å². The second kappa shape index (κ2) is 8.06. The summed E-state index contributed by atoms with van der Waals surface area (Å²) in [5.74, 6) is 0.934. The molecule has 0 bridgehead atoms. The second-order valence-electron chi connectivity index (χ2n) is 3.49. The fourth-order valence-corrected chi connectivity index (χ4v) is 1.32. The smallest absolute Gasteiger partial charge is 0.00518 e. The Hall–Kier alpha value is -0.0400. The van der Waals surface area contributed by atoms with Gasteiger partial charge in [0.1, 0.15) is 0 Å². The first-order valence-electron chi connectivity index (χ1n) is 4.95. The lowest BCUT2D eigenvalue weighted by atomic mass is 9.99. The van der Waals surface area contributed by atoms with Gasteiger partial charge in [0.05, 0.1) is 0 Å². The van der Waals surface area contributed by atoms with Gasteiger partial charge in [-0.05, 0) is 32.4 Å². The van der Waals surface area contributed by atoms with Crippen LogP contribution in [-0.4, -0.2) is 13.6 Å². The highest BCUT2D eigenvalue weighted by Crippen LogP contribution is 2.12. The first-order chi connectivity index (χ1) is 5.31. The minimum Gasteiger partial charge on any atom is -0.320 e.